The molecule has 3 nitrogen and oxygen atoms in total. The van der Waals surface area contributed by atoms with E-state index in [0.29, 0.717) is 12.1 Å². The number of likely N-dealkylation sites (tertiary alicyclic amines) is 1. The summed E-state index contributed by atoms with van der Waals surface area (Å²) >= 11 is 0. The topological polar surface area (TPSA) is 18.5 Å². The summed E-state index contributed by atoms with van der Waals surface area (Å²) in [5, 5.41) is 3.82. The minimum absolute atomic E-state index is 0.596. The average molecular weight is 269 g/mol. The van der Waals surface area contributed by atoms with Crippen LogP contribution in [-0.4, -0.2) is 61.2 Å². The molecule has 1 aliphatic rings. The number of likely N-dealkylation sites (N-methyl/N-ethyl adjacent to an activating group) is 1. The van der Waals surface area contributed by atoms with Crippen LogP contribution in [0.25, 0.3) is 0 Å². The van der Waals surface area contributed by atoms with Crippen LogP contribution in [0.5, 0.6) is 0 Å². The number of nitrogens with zero attached hydrogens (tertiary/aromatic N) is 2. The van der Waals surface area contributed by atoms with E-state index in [-0.39, 0.29) is 0 Å². The molecule has 0 amide bonds. The quantitative estimate of drug-likeness (QED) is 0.730. The number of nitrogens with one attached hydrogen (secondary N) is 1. The lowest BCUT2D eigenvalue weighted by Gasteiger charge is -2.36. The highest BCUT2D eigenvalue weighted by Crippen LogP contribution is 2.20. The van der Waals surface area contributed by atoms with Gasteiger partial charge >= 0.3 is 0 Å². The van der Waals surface area contributed by atoms with E-state index in [0.717, 1.165) is 19.0 Å². The van der Waals surface area contributed by atoms with Crippen molar-refractivity contribution in [1.29, 1.82) is 0 Å². The molecule has 2 unspecified atom stereocenters. The normalized spacial score (nSPS) is 21.8. The van der Waals surface area contributed by atoms with Crippen molar-refractivity contribution in [2.75, 3.05) is 39.3 Å². The van der Waals surface area contributed by atoms with E-state index in [1.165, 1.54) is 39.0 Å². The Kier molecular flexibility index (Phi) is 7.96. The first kappa shape index (κ1) is 16.9. The Morgan fingerprint density at radius 1 is 1.11 bits per heavy atom. The summed E-state index contributed by atoms with van der Waals surface area (Å²) in [6.45, 7) is 18.8. The molecule has 1 saturated heterocycles. The smallest absolute Gasteiger partial charge is 0.0169 e. The first-order valence-corrected chi connectivity index (χ1v) is 8.31. The van der Waals surface area contributed by atoms with Crippen LogP contribution >= 0.6 is 0 Å². The summed E-state index contributed by atoms with van der Waals surface area (Å²) in [7, 11) is 0. The minimum Gasteiger partial charge on any atom is -0.310 e. The van der Waals surface area contributed by atoms with Crippen LogP contribution < -0.4 is 5.32 Å². The van der Waals surface area contributed by atoms with Crippen LogP contribution in [0.3, 0.4) is 0 Å². The van der Waals surface area contributed by atoms with Gasteiger partial charge in [0.2, 0.25) is 0 Å². The van der Waals surface area contributed by atoms with Gasteiger partial charge in [0.15, 0.2) is 0 Å². The molecule has 0 aromatic carbocycles. The van der Waals surface area contributed by atoms with Crippen molar-refractivity contribution >= 4 is 0 Å². The first-order valence-electron chi connectivity index (χ1n) is 8.31. The molecule has 0 aromatic heterocycles. The molecular formula is C16H35N3. The Bertz CT molecular complexity index is 220. The van der Waals surface area contributed by atoms with E-state index < -0.39 is 0 Å². The molecule has 114 valence electrons. The molecule has 0 aliphatic carbocycles. The number of hydrogen-bond donors (Lipinski definition) is 1. The van der Waals surface area contributed by atoms with Crippen LogP contribution in [0, 0.1) is 5.92 Å². The highest BCUT2D eigenvalue weighted by atomic mass is 15.1. The summed E-state index contributed by atoms with van der Waals surface area (Å²) in [6.07, 6.45) is 2.72. The third-order valence-corrected chi connectivity index (χ3v) is 4.76. The van der Waals surface area contributed by atoms with E-state index in [2.05, 4.69) is 49.7 Å². The summed E-state index contributed by atoms with van der Waals surface area (Å²) in [5.41, 5.74) is 0. The molecule has 1 N–H and O–H groups in total. The Morgan fingerprint density at radius 3 is 2.16 bits per heavy atom. The Morgan fingerprint density at radius 2 is 1.68 bits per heavy atom. The van der Waals surface area contributed by atoms with Crippen LogP contribution in [0.2, 0.25) is 0 Å². The number of rotatable bonds is 8. The second-order valence-electron chi connectivity index (χ2n) is 6.11. The summed E-state index contributed by atoms with van der Waals surface area (Å²) in [5.74, 6) is 0.863. The molecule has 0 spiro atoms. The van der Waals surface area contributed by atoms with Crippen LogP contribution in [0.15, 0.2) is 0 Å². The Balaban J connectivity index is 2.28. The molecule has 0 radical (unpaired) electrons. The van der Waals surface area contributed by atoms with Crippen molar-refractivity contribution < 1.29 is 0 Å². The molecule has 1 fully saturated rings. The lowest BCUT2D eigenvalue weighted by Crippen LogP contribution is -2.48. The maximum absolute atomic E-state index is 3.82. The fraction of sp³-hybridized carbons (Fsp3) is 1.00. The predicted octanol–water partition coefficient (Wildman–Crippen LogP) is 2.43. The van der Waals surface area contributed by atoms with Crippen molar-refractivity contribution in [2.24, 2.45) is 5.92 Å². The molecule has 1 heterocycles. The second-order valence-corrected chi connectivity index (χ2v) is 6.11. The van der Waals surface area contributed by atoms with E-state index in [1.54, 1.807) is 0 Å². The average Bonchev–Trinajstić information content (AvgIpc) is 2.44. The largest absolute Gasteiger partial charge is 0.310 e. The van der Waals surface area contributed by atoms with E-state index in [1.807, 2.05) is 0 Å². The molecule has 0 bridgehead atoms. The monoisotopic (exact) mass is 269 g/mol. The predicted molar refractivity (Wildman–Crippen MR) is 84.7 cm³/mol. The van der Waals surface area contributed by atoms with Crippen molar-refractivity contribution in [3.05, 3.63) is 0 Å². The fourth-order valence-electron chi connectivity index (χ4n) is 3.28. The second kappa shape index (κ2) is 8.93. The SMILES string of the molecule is CCN1CCC(C(C)NC(C)CN(CC)CC)CC1. The van der Waals surface area contributed by atoms with Crippen LogP contribution in [-0.2, 0) is 0 Å². The van der Waals surface area contributed by atoms with E-state index in [9.17, 15) is 0 Å². The molecule has 1 aliphatic heterocycles. The lowest BCUT2D eigenvalue weighted by molar-refractivity contribution is 0.160. The van der Waals surface area contributed by atoms with Gasteiger partial charge in [-0.1, -0.05) is 20.8 Å². The zero-order chi connectivity index (χ0) is 14.3. The van der Waals surface area contributed by atoms with Gasteiger partial charge in [-0.2, -0.15) is 0 Å². The maximum atomic E-state index is 3.82. The third-order valence-electron chi connectivity index (χ3n) is 4.76. The van der Waals surface area contributed by atoms with Crippen molar-refractivity contribution in [3.63, 3.8) is 0 Å². The molecule has 2 atom stereocenters. The Hall–Kier alpha value is -0.120. The van der Waals surface area contributed by atoms with Crippen molar-refractivity contribution in [3.8, 4) is 0 Å². The standard InChI is InChI=1S/C16H35N3/c1-6-18(7-2)13-14(4)17-15(5)16-9-11-19(8-3)12-10-16/h14-17H,6-13H2,1-5H3. The highest BCUT2D eigenvalue weighted by molar-refractivity contribution is 4.81. The van der Waals surface area contributed by atoms with Gasteiger partial charge in [-0.3, -0.25) is 0 Å². The molecule has 19 heavy (non-hydrogen) atoms. The molecule has 3 heteroatoms. The first-order chi connectivity index (χ1) is 9.10. The third kappa shape index (κ3) is 5.80. The highest BCUT2D eigenvalue weighted by Gasteiger charge is 2.24. The van der Waals surface area contributed by atoms with Gasteiger partial charge < -0.3 is 15.1 Å². The maximum Gasteiger partial charge on any atom is 0.0169 e. The van der Waals surface area contributed by atoms with Gasteiger partial charge in [0.05, 0.1) is 0 Å². The minimum atomic E-state index is 0.596. The van der Waals surface area contributed by atoms with E-state index >= 15 is 0 Å². The van der Waals surface area contributed by atoms with Gasteiger partial charge in [0.25, 0.3) is 0 Å². The van der Waals surface area contributed by atoms with Gasteiger partial charge in [-0.25, -0.2) is 0 Å². The fourth-order valence-corrected chi connectivity index (χ4v) is 3.28. The lowest BCUT2D eigenvalue weighted by atomic mass is 9.90. The zero-order valence-electron chi connectivity index (χ0n) is 13.8. The molecule has 1 rings (SSSR count). The van der Waals surface area contributed by atoms with Crippen molar-refractivity contribution in [1.82, 2.24) is 15.1 Å². The molecular weight excluding hydrogens is 234 g/mol. The van der Waals surface area contributed by atoms with Gasteiger partial charge in [0, 0.05) is 18.6 Å². The number of hydrogen-bond acceptors (Lipinski definition) is 3. The number of piperidine rings is 1. The molecule has 0 aromatic rings. The van der Waals surface area contributed by atoms with Gasteiger partial charge in [-0.15, -0.1) is 0 Å². The van der Waals surface area contributed by atoms with Crippen molar-refractivity contribution in [2.45, 2.75) is 59.5 Å². The zero-order valence-corrected chi connectivity index (χ0v) is 13.8. The summed E-state index contributed by atoms with van der Waals surface area (Å²) < 4.78 is 0. The Labute approximate surface area is 120 Å². The van der Waals surface area contributed by atoms with Crippen LogP contribution in [0.1, 0.15) is 47.5 Å². The van der Waals surface area contributed by atoms with Gasteiger partial charge in [-0.05, 0) is 65.3 Å². The van der Waals surface area contributed by atoms with Gasteiger partial charge in [0.1, 0.15) is 0 Å². The summed E-state index contributed by atoms with van der Waals surface area (Å²) in [6, 6.07) is 1.25. The van der Waals surface area contributed by atoms with E-state index in [4.69, 9.17) is 0 Å². The summed E-state index contributed by atoms with van der Waals surface area (Å²) in [4.78, 5) is 5.08. The van der Waals surface area contributed by atoms with Crippen LogP contribution in [0.4, 0.5) is 0 Å². The molecule has 0 saturated carbocycles.